The van der Waals surface area contributed by atoms with Crippen molar-refractivity contribution in [1.82, 2.24) is 4.90 Å². The minimum absolute atomic E-state index is 0.00962. The molecule has 21 heavy (non-hydrogen) atoms. The van der Waals surface area contributed by atoms with Crippen molar-refractivity contribution >= 4 is 12.1 Å². The molecule has 0 fully saturated rings. The van der Waals surface area contributed by atoms with E-state index in [2.05, 4.69) is 0 Å². The molecule has 0 unspecified atom stereocenters. The summed E-state index contributed by atoms with van der Waals surface area (Å²) in [6, 6.07) is 7.13. The molecule has 1 rings (SSSR count). The van der Waals surface area contributed by atoms with E-state index >= 15 is 0 Å². The Morgan fingerprint density at radius 3 is 2.67 bits per heavy atom. The van der Waals surface area contributed by atoms with E-state index in [4.69, 9.17) is 20.3 Å². The van der Waals surface area contributed by atoms with Crippen molar-refractivity contribution in [2.45, 2.75) is 13.5 Å². The Labute approximate surface area is 123 Å². The van der Waals surface area contributed by atoms with Crippen LogP contribution in [0.3, 0.4) is 0 Å². The number of aliphatic carboxylic acids is 1. The number of benzene rings is 1. The molecular formula is C14H20N2O5. The zero-order valence-electron chi connectivity index (χ0n) is 11.9. The first-order valence-corrected chi connectivity index (χ1v) is 6.62. The molecule has 116 valence electrons. The van der Waals surface area contributed by atoms with Gasteiger partial charge in [0.05, 0.1) is 0 Å². The molecule has 0 radical (unpaired) electrons. The monoisotopic (exact) mass is 296 g/mol. The van der Waals surface area contributed by atoms with Gasteiger partial charge in [-0.2, -0.15) is 0 Å². The summed E-state index contributed by atoms with van der Waals surface area (Å²) in [5, 5.41) is 8.71. The summed E-state index contributed by atoms with van der Waals surface area (Å²) in [4.78, 5) is 23.5. The quantitative estimate of drug-likeness (QED) is 0.744. The summed E-state index contributed by atoms with van der Waals surface area (Å²) in [5.41, 5.74) is 6.08. The first-order valence-electron chi connectivity index (χ1n) is 6.62. The van der Waals surface area contributed by atoms with Crippen LogP contribution in [0.25, 0.3) is 0 Å². The number of likely N-dealkylation sites (N-methyl/N-ethyl adjacent to an activating group) is 1. The van der Waals surface area contributed by atoms with Crippen LogP contribution in [0.2, 0.25) is 0 Å². The molecule has 0 aliphatic heterocycles. The Balaban J connectivity index is 2.61. The molecule has 0 heterocycles. The molecule has 3 N–H and O–H groups in total. The number of nitrogens with zero attached hydrogens (tertiary/aromatic N) is 1. The Morgan fingerprint density at radius 1 is 1.33 bits per heavy atom. The predicted molar refractivity (Wildman–Crippen MR) is 76.1 cm³/mol. The van der Waals surface area contributed by atoms with Crippen LogP contribution in [-0.2, 0) is 16.1 Å². The predicted octanol–water partition coefficient (Wildman–Crippen LogP) is 1.07. The molecule has 0 aliphatic carbocycles. The summed E-state index contributed by atoms with van der Waals surface area (Å²) in [7, 11) is 0. The standard InChI is InChI=1S/C14H20N2O5/c1-2-16(9-13(17)18)14(19)21-10-11-5-3-4-6-12(11)20-8-7-15/h3-6H,2,7-10,15H2,1H3,(H,17,18). The molecule has 0 aliphatic rings. The van der Waals surface area contributed by atoms with E-state index in [1.807, 2.05) is 0 Å². The van der Waals surface area contributed by atoms with Crippen LogP contribution < -0.4 is 10.5 Å². The number of carbonyl (C=O) groups excluding carboxylic acids is 1. The molecule has 1 aromatic rings. The summed E-state index contributed by atoms with van der Waals surface area (Å²) >= 11 is 0. The van der Waals surface area contributed by atoms with Crippen LogP contribution in [0.15, 0.2) is 24.3 Å². The highest BCUT2D eigenvalue weighted by molar-refractivity contribution is 5.76. The van der Waals surface area contributed by atoms with Gasteiger partial charge in [0.25, 0.3) is 0 Å². The first kappa shape index (κ1) is 16.8. The average Bonchev–Trinajstić information content (AvgIpc) is 2.48. The Bertz CT molecular complexity index is 478. The summed E-state index contributed by atoms with van der Waals surface area (Å²) in [6.07, 6.45) is -0.673. The highest BCUT2D eigenvalue weighted by atomic mass is 16.6. The highest BCUT2D eigenvalue weighted by Gasteiger charge is 2.16. The van der Waals surface area contributed by atoms with Crippen molar-refractivity contribution in [2.75, 3.05) is 26.2 Å². The van der Waals surface area contributed by atoms with Gasteiger partial charge in [0, 0.05) is 18.7 Å². The Morgan fingerprint density at radius 2 is 2.05 bits per heavy atom. The lowest BCUT2D eigenvalue weighted by Crippen LogP contribution is -2.35. The van der Waals surface area contributed by atoms with Gasteiger partial charge < -0.3 is 20.3 Å². The summed E-state index contributed by atoms with van der Waals surface area (Å²) < 4.78 is 10.6. The summed E-state index contributed by atoms with van der Waals surface area (Å²) in [6.45, 7) is 2.32. The second-order valence-electron chi connectivity index (χ2n) is 4.21. The Hall–Kier alpha value is -2.28. The van der Waals surface area contributed by atoms with Gasteiger partial charge in [-0.1, -0.05) is 18.2 Å². The van der Waals surface area contributed by atoms with Gasteiger partial charge in [0.15, 0.2) is 0 Å². The number of ether oxygens (including phenoxy) is 2. The van der Waals surface area contributed by atoms with Gasteiger partial charge in [0.1, 0.15) is 25.5 Å². The van der Waals surface area contributed by atoms with Gasteiger partial charge in [-0.15, -0.1) is 0 Å². The molecule has 0 atom stereocenters. The van der Waals surface area contributed by atoms with Crippen molar-refractivity contribution in [3.05, 3.63) is 29.8 Å². The number of carboxylic acids is 1. The fraction of sp³-hybridized carbons (Fsp3) is 0.429. The van der Waals surface area contributed by atoms with Crippen LogP contribution in [0.4, 0.5) is 4.79 Å². The SMILES string of the molecule is CCN(CC(=O)O)C(=O)OCc1ccccc1OCCN. The zero-order chi connectivity index (χ0) is 15.7. The van der Waals surface area contributed by atoms with Crippen molar-refractivity contribution in [3.8, 4) is 5.75 Å². The summed E-state index contributed by atoms with van der Waals surface area (Å²) in [5.74, 6) is -0.488. The van der Waals surface area contributed by atoms with Crippen molar-refractivity contribution in [1.29, 1.82) is 0 Å². The van der Waals surface area contributed by atoms with E-state index in [0.29, 0.717) is 24.5 Å². The number of nitrogens with two attached hydrogens (primary N) is 1. The number of rotatable bonds is 8. The van der Waals surface area contributed by atoms with Gasteiger partial charge in [-0.05, 0) is 13.0 Å². The molecular weight excluding hydrogens is 276 g/mol. The number of amides is 1. The lowest BCUT2D eigenvalue weighted by molar-refractivity contribution is -0.138. The second kappa shape index (κ2) is 8.80. The fourth-order valence-electron chi connectivity index (χ4n) is 1.63. The molecule has 0 bridgehead atoms. The van der Waals surface area contributed by atoms with E-state index in [0.717, 1.165) is 4.90 Å². The van der Waals surface area contributed by atoms with Gasteiger partial charge in [-0.25, -0.2) is 4.79 Å². The van der Waals surface area contributed by atoms with Crippen LogP contribution in [0.5, 0.6) is 5.75 Å². The maximum absolute atomic E-state index is 11.8. The van der Waals surface area contributed by atoms with E-state index in [9.17, 15) is 9.59 Å². The minimum Gasteiger partial charge on any atom is -0.492 e. The van der Waals surface area contributed by atoms with Crippen LogP contribution in [0, 0.1) is 0 Å². The zero-order valence-corrected chi connectivity index (χ0v) is 11.9. The number of hydrogen-bond acceptors (Lipinski definition) is 5. The minimum atomic E-state index is -1.08. The molecule has 1 aromatic carbocycles. The highest BCUT2D eigenvalue weighted by Crippen LogP contribution is 2.19. The largest absolute Gasteiger partial charge is 0.492 e. The molecule has 0 aromatic heterocycles. The number of carboxylic acid groups (broad SMARTS) is 1. The van der Waals surface area contributed by atoms with Crippen molar-refractivity contribution in [3.63, 3.8) is 0 Å². The average molecular weight is 296 g/mol. The van der Waals surface area contributed by atoms with E-state index < -0.39 is 12.1 Å². The molecule has 0 spiro atoms. The third-order valence-corrected chi connectivity index (χ3v) is 2.67. The van der Waals surface area contributed by atoms with E-state index in [1.54, 1.807) is 31.2 Å². The van der Waals surface area contributed by atoms with Gasteiger partial charge in [-0.3, -0.25) is 9.69 Å². The van der Waals surface area contributed by atoms with Gasteiger partial charge >= 0.3 is 12.1 Å². The number of carbonyl (C=O) groups is 2. The lowest BCUT2D eigenvalue weighted by Gasteiger charge is -2.18. The molecule has 7 heteroatoms. The normalized spacial score (nSPS) is 10.0. The van der Waals surface area contributed by atoms with Crippen LogP contribution >= 0.6 is 0 Å². The fourth-order valence-corrected chi connectivity index (χ4v) is 1.63. The van der Waals surface area contributed by atoms with Crippen LogP contribution in [0.1, 0.15) is 12.5 Å². The van der Waals surface area contributed by atoms with Crippen molar-refractivity contribution < 1.29 is 24.2 Å². The number of hydrogen-bond donors (Lipinski definition) is 2. The third kappa shape index (κ3) is 5.70. The van der Waals surface area contributed by atoms with E-state index in [-0.39, 0.29) is 19.7 Å². The maximum atomic E-state index is 11.8. The Kier molecular flexibility index (Phi) is 7.03. The number of para-hydroxylation sites is 1. The van der Waals surface area contributed by atoms with Crippen molar-refractivity contribution in [2.24, 2.45) is 5.73 Å². The van der Waals surface area contributed by atoms with Crippen LogP contribution in [-0.4, -0.2) is 48.3 Å². The first-order chi connectivity index (χ1) is 10.1. The smallest absolute Gasteiger partial charge is 0.410 e. The van der Waals surface area contributed by atoms with E-state index in [1.165, 1.54) is 0 Å². The molecule has 0 saturated carbocycles. The molecule has 7 nitrogen and oxygen atoms in total. The third-order valence-electron chi connectivity index (χ3n) is 2.67. The lowest BCUT2D eigenvalue weighted by atomic mass is 10.2. The van der Waals surface area contributed by atoms with Gasteiger partial charge in [0.2, 0.25) is 0 Å². The molecule has 1 amide bonds. The maximum Gasteiger partial charge on any atom is 0.410 e. The second-order valence-corrected chi connectivity index (χ2v) is 4.21. The molecule has 0 saturated heterocycles. The topological polar surface area (TPSA) is 102 Å².